The Balaban J connectivity index is 1.70. The highest BCUT2D eigenvalue weighted by molar-refractivity contribution is 7.99. The molecule has 0 radical (unpaired) electrons. The number of nitrogens with zero attached hydrogens (tertiary/aromatic N) is 2. The molecule has 30 heavy (non-hydrogen) atoms. The van der Waals surface area contributed by atoms with Gasteiger partial charge in [-0.2, -0.15) is 14.2 Å². The predicted molar refractivity (Wildman–Crippen MR) is 113 cm³/mol. The molecule has 9 heteroatoms. The molecule has 3 aromatic rings. The normalized spacial score (nSPS) is 15.6. The molecule has 1 aliphatic rings. The molecule has 1 fully saturated rings. The molecular formula is C21H20N3O4S2+. The zero-order chi connectivity index (χ0) is 21.5. The van der Waals surface area contributed by atoms with E-state index in [1.807, 2.05) is 6.92 Å². The number of nitrogens with one attached hydrogen (secondary N) is 1. The van der Waals surface area contributed by atoms with Gasteiger partial charge in [-0.3, -0.25) is 4.79 Å². The number of pyridine rings is 1. The second-order valence-electron chi connectivity index (χ2n) is 7.25. The van der Waals surface area contributed by atoms with Crippen molar-refractivity contribution in [2.24, 2.45) is 0 Å². The Morgan fingerprint density at radius 1 is 1.37 bits per heavy atom. The van der Waals surface area contributed by atoms with Gasteiger partial charge in [0.05, 0.1) is 23.6 Å². The van der Waals surface area contributed by atoms with Gasteiger partial charge in [0.2, 0.25) is 0 Å². The summed E-state index contributed by atoms with van der Waals surface area (Å²) in [6, 6.07) is 12.4. The Morgan fingerprint density at radius 3 is 2.67 bits per heavy atom. The fraction of sp³-hybridized carbons (Fsp3) is 0.238. The highest BCUT2D eigenvalue weighted by Gasteiger charge is 2.31. The van der Waals surface area contributed by atoms with E-state index in [-0.39, 0.29) is 12.5 Å². The van der Waals surface area contributed by atoms with E-state index in [2.05, 4.69) is 10.8 Å². The Bertz CT molecular complexity index is 1280. The van der Waals surface area contributed by atoms with Crippen LogP contribution in [0.4, 0.5) is 0 Å². The van der Waals surface area contributed by atoms with Crippen LogP contribution >= 0.6 is 11.8 Å². The monoisotopic (exact) mass is 442 g/mol. The first-order valence-corrected chi connectivity index (χ1v) is 11.7. The molecule has 0 bridgehead atoms. The molecule has 154 valence electrons. The van der Waals surface area contributed by atoms with Crippen LogP contribution in [-0.4, -0.2) is 29.9 Å². The van der Waals surface area contributed by atoms with Crippen molar-refractivity contribution in [2.45, 2.75) is 46.9 Å². The van der Waals surface area contributed by atoms with E-state index in [0.717, 1.165) is 33.7 Å². The van der Waals surface area contributed by atoms with Crippen LogP contribution in [0.1, 0.15) is 29.7 Å². The topological polar surface area (TPSA) is 116 Å². The van der Waals surface area contributed by atoms with E-state index < -0.39 is 16.0 Å². The van der Waals surface area contributed by atoms with Crippen LogP contribution in [-0.2, 0) is 21.2 Å². The lowest BCUT2D eigenvalue weighted by molar-refractivity contribution is -0.136. The van der Waals surface area contributed by atoms with E-state index in [4.69, 9.17) is 0 Å². The lowest BCUT2D eigenvalue weighted by atomic mass is 10.2. The summed E-state index contributed by atoms with van der Waals surface area (Å²) >= 11 is 1.44. The second-order valence-corrected chi connectivity index (χ2v) is 10.1. The highest BCUT2D eigenvalue weighted by atomic mass is 32.2. The van der Waals surface area contributed by atoms with Gasteiger partial charge >= 0.3 is 16.0 Å². The van der Waals surface area contributed by atoms with Crippen LogP contribution in [0, 0.1) is 18.3 Å². The molecule has 2 aromatic heterocycles. The molecule has 3 N–H and O–H groups in total. The Morgan fingerprint density at radius 2 is 2.07 bits per heavy atom. The van der Waals surface area contributed by atoms with Crippen molar-refractivity contribution >= 4 is 33.3 Å². The summed E-state index contributed by atoms with van der Waals surface area (Å²) in [5, 5.41) is 18.6. The Labute approximate surface area is 178 Å². The molecule has 0 spiro atoms. The number of aliphatic carboxylic acids is 1. The summed E-state index contributed by atoms with van der Waals surface area (Å²) < 4.78 is 27.3. The van der Waals surface area contributed by atoms with Gasteiger partial charge in [-0.25, -0.2) is 4.21 Å². The van der Waals surface area contributed by atoms with Crippen molar-refractivity contribution < 1.29 is 18.3 Å². The number of nitriles is 1. The number of benzene rings is 1. The van der Waals surface area contributed by atoms with E-state index in [1.165, 1.54) is 11.8 Å². The maximum Gasteiger partial charge on any atom is 0.373 e. The van der Waals surface area contributed by atoms with Gasteiger partial charge in [0.1, 0.15) is 4.90 Å². The van der Waals surface area contributed by atoms with Crippen LogP contribution in [0.2, 0.25) is 0 Å². The molecule has 1 aliphatic carbocycles. The predicted octanol–water partition coefficient (Wildman–Crippen LogP) is 3.50. The third-order valence-electron chi connectivity index (χ3n) is 4.97. The average molecular weight is 443 g/mol. The molecule has 1 atom stereocenters. The number of hydrogen-bond donors (Lipinski definition) is 2. The first kappa shape index (κ1) is 20.5. The lowest BCUT2D eigenvalue weighted by Gasteiger charge is -2.05. The highest BCUT2D eigenvalue weighted by Crippen LogP contribution is 2.38. The second kappa shape index (κ2) is 7.80. The fourth-order valence-corrected chi connectivity index (χ4v) is 5.65. The number of carboxylic acids is 1. The summed E-state index contributed by atoms with van der Waals surface area (Å²) in [6.45, 7) is 1.87. The molecule has 1 aromatic carbocycles. The van der Waals surface area contributed by atoms with Crippen LogP contribution in [0.5, 0.6) is 0 Å². The van der Waals surface area contributed by atoms with Crippen molar-refractivity contribution in [3.05, 3.63) is 59.4 Å². The van der Waals surface area contributed by atoms with Crippen molar-refractivity contribution in [1.29, 1.82) is 5.26 Å². The maximum absolute atomic E-state index is 12.5. The minimum Gasteiger partial charge on any atom is -0.481 e. The number of carbonyl (C=O) groups is 1. The van der Waals surface area contributed by atoms with Gasteiger partial charge < -0.3 is 9.51 Å². The first-order valence-electron chi connectivity index (χ1n) is 9.36. The zero-order valence-corrected chi connectivity index (χ0v) is 17.8. The summed E-state index contributed by atoms with van der Waals surface area (Å²) in [6.07, 6.45) is 3.42. The molecule has 4 rings (SSSR count). The Kier molecular flexibility index (Phi) is 5.32. The van der Waals surface area contributed by atoms with Crippen LogP contribution in [0.25, 0.3) is 5.52 Å². The van der Waals surface area contributed by atoms with E-state index in [0.29, 0.717) is 16.2 Å². The number of aromatic nitrogens is 1. The molecule has 1 saturated carbocycles. The van der Waals surface area contributed by atoms with E-state index >= 15 is 0 Å². The van der Waals surface area contributed by atoms with Crippen LogP contribution < -0.4 is 4.72 Å². The molecule has 0 aliphatic heterocycles. The molecule has 1 unspecified atom stereocenters. The van der Waals surface area contributed by atoms with E-state index in [9.17, 15) is 23.6 Å². The summed E-state index contributed by atoms with van der Waals surface area (Å²) in [5.74, 6) is -0.927. The van der Waals surface area contributed by atoms with Crippen LogP contribution in [0.3, 0.4) is 0 Å². The average Bonchev–Trinajstić information content (AvgIpc) is 3.49. The largest absolute Gasteiger partial charge is 0.481 e. The molecule has 0 amide bonds. The van der Waals surface area contributed by atoms with Gasteiger partial charge in [-0.15, -0.1) is 0 Å². The van der Waals surface area contributed by atoms with Crippen molar-refractivity contribution in [3.8, 4) is 6.07 Å². The number of hydrogen-bond acceptors (Lipinski definition) is 4. The minimum atomic E-state index is -3.26. The summed E-state index contributed by atoms with van der Waals surface area (Å²) in [5.41, 5.74) is 2.75. The lowest BCUT2D eigenvalue weighted by Crippen LogP contribution is -2.25. The number of carboxylic acid groups (broad SMARTS) is 1. The molecule has 0 saturated heterocycles. The van der Waals surface area contributed by atoms with Gasteiger partial charge in [0.15, 0.2) is 0 Å². The quantitative estimate of drug-likeness (QED) is 0.543. The zero-order valence-electron chi connectivity index (χ0n) is 16.2. The third kappa shape index (κ3) is 4.07. The molecule has 2 heterocycles. The summed E-state index contributed by atoms with van der Waals surface area (Å²) in [7, 11) is -3.26. The van der Waals surface area contributed by atoms with Gasteiger partial charge in [-0.05, 0) is 61.7 Å². The SMILES string of the molecule is Cc1c(Sc2ccc(S(=O)(=[OH+])NC3CC3)cc2)c2cc(C#N)ccn2c1CC(=O)O. The number of rotatable bonds is 7. The molecule has 7 nitrogen and oxygen atoms in total. The van der Waals surface area contributed by atoms with E-state index in [1.54, 1.807) is 47.0 Å². The smallest absolute Gasteiger partial charge is 0.373 e. The van der Waals surface area contributed by atoms with Crippen molar-refractivity contribution in [1.82, 2.24) is 9.12 Å². The van der Waals surface area contributed by atoms with Gasteiger partial charge in [0, 0.05) is 27.7 Å². The third-order valence-corrected chi connectivity index (χ3v) is 7.76. The molecular weight excluding hydrogens is 422 g/mol. The fourth-order valence-electron chi connectivity index (χ4n) is 3.28. The Hall–Kier alpha value is -2.80. The number of fused-ring (bicyclic) bond motifs is 1. The van der Waals surface area contributed by atoms with Crippen molar-refractivity contribution in [3.63, 3.8) is 0 Å². The maximum atomic E-state index is 12.5. The first-order chi connectivity index (χ1) is 14.3. The van der Waals surface area contributed by atoms with Crippen LogP contribution in [0.15, 0.2) is 57.3 Å². The minimum absolute atomic E-state index is 0.105. The van der Waals surface area contributed by atoms with Gasteiger partial charge in [-0.1, -0.05) is 11.8 Å². The summed E-state index contributed by atoms with van der Waals surface area (Å²) in [4.78, 5) is 13.4. The standard InChI is InChI=1S/C21H19N3O4S2/c1-13-18(11-20(25)26)24-9-8-14(12-22)10-19(24)21(13)29-16-4-6-17(7-5-16)30(27,28)23-15-2-3-15/h4-10,15H,2-3,11H2,1H3,(H,25,26)(H,23,27,28)/p+1. The van der Waals surface area contributed by atoms with Crippen molar-refractivity contribution in [2.75, 3.05) is 0 Å². The van der Waals surface area contributed by atoms with Gasteiger partial charge in [0.25, 0.3) is 0 Å².